The maximum absolute atomic E-state index is 5.51. The quantitative estimate of drug-likeness (QED) is 0.702. The first kappa shape index (κ1) is 14.0. The van der Waals surface area contributed by atoms with Gasteiger partial charge in [-0.15, -0.1) is 0 Å². The van der Waals surface area contributed by atoms with Crippen molar-refractivity contribution in [2.24, 2.45) is 0 Å². The number of aromatic amines is 1. The molecule has 0 unspecified atom stereocenters. The van der Waals surface area contributed by atoms with Gasteiger partial charge in [-0.1, -0.05) is 41.6 Å². The predicted octanol–water partition coefficient (Wildman–Crippen LogP) is 4.56. The number of aromatic nitrogens is 2. The molecule has 0 amide bonds. The van der Waals surface area contributed by atoms with Gasteiger partial charge in [-0.3, -0.25) is 0 Å². The zero-order valence-corrected chi connectivity index (χ0v) is 13.0. The average molecular weight is 298 g/mol. The van der Waals surface area contributed by atoms with E-state index in [9.17, 15) is 0 Å². The number of imidazole rings is 1. The van der Waals surface area contributed by atoms with Crippen LogP contribution in [0.1, 0.15) is 18.1 Å². The van der Waals surface area contributed by atoms with E-state index in [2.05, 4.69) is 41.2 Å². The molecule has 1 N–H and O–H groups in total. The van der Waals surface area contributed by atoms with Crippen molar-refractivity contribution in [3.8, 4) is 5.75 Å². The third-order valence-corrected chi connectivity index (χ3v) is 4.18. The molecule has 0 aliphatic rings. The third kappa shape index (κ3) is 3.39. The highest BCUT2D eigenvalue weighted by molar-refractivity contribution is 7.98. The van der Waals surface area contributed by atoms with Gasteiger partial charge in [0, 0.05) is 11.8 Å². The molecule has 1 aromatic heterocycles. The fourth-order valence-electron chi connectivity index (χ4n) is 2.13. The Kier molecular flexibility index (Phi) is 4.15. The minimum atomic E-state index is 0.675. The van der Waals surface area contributed by atoms with E-state index in [0.717, 1.165) is 27.7 Å². The molecule has 0 bridgehead atoms. The van der Waals surface area contributed by atoms with Crippen LogP contribution in [0.4, 0.5) is 0 Å². The normalized spacial score (nSPS) is 11.0. The number of hydrogen-bond donors (Lipinski definition) is 1. The highest BCUT2D eigenvalue weighted by atomic mass is 32.2. The second-order valence-corrected chi connectivity index (χ2v) is 5.89. The first-order valence-electron chi connectivity index (χ1n) is 7.05. The summed E-state index contributed by atoms with van der Waals surface area (Å²) in [5, 5.41) is 0.944. The minimum Gasteiger partial charge on any atom is -0.494 e. The van der Waals surface area contributed by atoms with E-state index in [1.807, 2.05) is 25.1 Å². The lowest BCUT2D eigenvalue weighted by Crippen LogP contribution is -1.90. The Bertz CT molecular complexity index is 734. The molecule has 3 nitrogen and oxygen atoms in total. The summed E-state index contributed by atoms with van der Waals surface area (Å²) >= 11 is 1.72. The molecule has 0 fully saturated rings. The van der Waals surface area contributed by atoms with Gasteiger partial charge in [0.25, 0.3) is 0 Å². The third-order valence-electron chi connectivity index (χ3n) is 3.24. The van der Waals surface area contributed by atoms with E-state index in [-0.39, 0.29) is 0 Å². The van der Waals surface area contributed by atoms with Crippen LogP contribution in [-0.4, -0.2) is 16.6 Å². The van der Waals surface area contributed by atoms with Crippen molar-refractivity contribution >= 4 is 22.8 Å². The maximum Gasteiger partial charge on any atom is 0.166 e. The molecule has 0 saturated heterocycles. The van der Waals surface area contributed by atoms with E-state index in [1.54, 1.807) is 11.8 Å². The number of benzene rings is 2. The van der Waals surface area contributed by atoms with E-state index in [1.165, 1.54) is 11.1 Å². The molecule has 3 rings (SSSR count). The number of ether oxygens (including phenoxy) is 1. The van der Waals surface area contributed by atoms with Crippen molar-refractivity contribution in [2.45, 2.75) is 24.8 Å². The number of thioether (sulfide) groups is 1. The SMILES string of the molecule is CCOc1ccc2nc(SCc3ccc(C)cc3)[nH]c2c1. The molecular formula is C17H18N2OS. The summed E-state index contributed by atoms with van der Waals surface area (Å²) in [5.74, 6) is 1.79. The second-order valence-electron chi connectivity index (χ2n) is 4.93. The maximum atomic E-state index is 5.51. The first-order chi connectivity index (χ1) is 10.2. The Morgan fingerprint density at radius 1 is 1.14 bits per heavy atom. The Balaban J connectivity index is 1.73. The lowest BCUT2D eigenvalue weighted by atomic mass is 10.2. The molecule has 2 aromatic carbocycles. The molecular weight excluding hydrogens is 280 g/mol. The van der Waals surface area contributed by atoms with Gasteiger partial charge in [-0.25, -0.2) is 4.98 Å². The molecule has 1 heterocycles. The van der Waals surface area contributed by atoms with Crippen LogP contribution >= 0.6 is 11.8 Å². The molecule has 0 aliphatic heterocycles. The number of aryl methyl sites for hydroxylation is 1. The van der Waals surface area contributed by atoms with Crippen LogP contribution in [-0.2, 0) is 5.75 Å². The zero-order chi connectivity index (χ0) is 14.7. The van der Waals surface area contributed by atoms with E-state index in [0.29, 0.717) is 6.61 Å². The van der Waals surface area contributed by atoms with Crippen LogP contribution in [0.15, 0.2) is 47.6 Å². The van der Waals surface area contributed by atoms with Gasteiger partial charge in [-0.05, 0) is 31.5 Å². The summed E-state index contributed by atoms with van der Waals surface area (Å²) in [6.45, 7) is 4.76. The summed E-state index contributed by atoms with van der Waals surface area (Å²) in [7, 11) is 0. The Hall–Kier alpha value is -1.94. The zero-order valence-electron chi connectivity index (χ0n) is 12.2. The standard InChI is InChI=1S/C17H18N2OS/c1-3-20-14-8-9-15-16(10-14)19-17(18-15)21-11-13-6-4-12(2)5-7-13/h4-10H,3,11H2,1-2H3,(H,18,19). The summed E-state index contributed by atoms with van der Waals surface area (Å²) in [4.78, 5) is 7.95. The largest absolute Gasteiger partial charge is 0.494 e. The lowest BCUT2D eigenvalue weighted by molar-refractivity contribution is 0.340. The highest BCUT2D eigenvalue weighted by Gasteiger charge is 2.05. The fourth-order valence-corrected chi connectivity index (χ4v) is 2.97. The van der Waals surface area contributed by atoms with Crippen molar-refractivity contribution in [1.29, 1.82) is 0 Å². The number of nitrogens with zero attached hydrogens (tertiary/aromatic N) is 1. The lowest BCUT2D eigenvalue weighted by Gasteiger charge is -2.00. The van der Waals surface area contributed by atoms with Crippen molar-refractivity contribution in [1.82, 2.24) is 9.97 Å². The number of fused-ring (bicyclic) bond motifs is 1. The van der Waals surface area contributed by atoms with Crippen LogP contribution in [0.3, 0.4) is 0 Å². The van der Waals surface area contributed by atoms with Gasteiger partial charge in [0.1, 0.15) is 5.75 Å². The second kappa shape index (κ2) is 6.22. The molecule has 0 atom stereocenters. The molecule has 0 radical (unpaired) electrons. The molecule has 3 aromatic rings. The Morgan fingerprint density at radius 3 is 2.71 bits per heavy atom. The summed E-state index contributed by atoms with van der Waals surface area (Å²) in [6, 6.07) is 14.6. The molecule has 108 valence electrons. The average Bonchev–Trinajstić information content (AvgIpc) is 2.89. The highest BCUT2D eigenvalue weighted by Crippen LogP contribution is 2.25. The molecule has 21 heavy (non-hydrogen) atoms. The van der Waals surface area contributed by atoms with Crippen LogP contribution in [0.2, 0.25) is 0 Å². The Labute approximate surface area is 128 Å². The van der Waals surface area contributed by atoms with Crippen LogP contribution < -0.4 is 4.74 Å². The van der Waals surface area contributed by atoms with Gasteiger partial charge in [0.2, 0.25) is 0 Å². The molecule has 0 aliphatic carbocycles. The fraction of sp³-hybridized carbons (Fsp3) is 0.235. The van der Waals surface area contributed by atoms with E-state index >= 15 is 0 Å². The van der Waals surface area contributed by atoms with E-state index < -0.39 is 0 Å². The van der Waals surface area contributed by atoms with Crippen LogP contribution in [0.5, 0.6) is 5.75 Å². The van der Waals surface area contributed by atoms with Crippen molar-refractivity contribution < 1.29 is 4.74 Å². The van der Waals surface area contributed by atoms with Crippen molar-refractivity contribution in [2.75, 3.05) is 6.61 Å². The van der Waals surface area contributed by atoms with Crippen molar-refractivity contribution in [3.63, 3.8) is 0 Å². The summed E-state index contributed by atoms with van der Waals surface area (Å²) < 4.78 is 5.51. The van der Waals surface area contributed by atoms with Gasteiger partial charge < -0.3 is 9.72 Å². The number of hydrogen-bond acceptors (Lipinski definition) is 3. The number of H-pyrrole nitrogens is 1. The summed E-state index contributed by atoms with van der Waals surface area (Å²) in [6.07, 6.45) is 0. The molecule has 0 saturated carbocycles. The van der Waals surface area contributed by atoms with E-state index in [4.69, 9.17) is 4.74 Å². The van der Waals surface area contributed by atoms with Gasteiger partial charge in [-0.2, -0.15) is 0 Å². The predicted molar refractivity (Wildman–Crippen MR) is 88.0 cm³/mol. The van der Waals surface area contributed by atoms with Gasteiger partial charge in [0.05, 0.1) is 17.6 Å². The topological polar surface area (TPSA) is 37.9 Å². The smallest absolute Gasteiger partial charge is 0.166 e. The Morgan fingerprint density at radius 2 is 1.95 bits per heavy atom. The number of rotatable bonds is 5. The van der Waals surface area contributed by atoms with Gasteiger partial charge in [0.15, 0.2) is 5.16 Å². The van der Waals surface area contributed by atoms with Crippen LogP contribution in [0, 0.1) is 6.92 Å². The molecule has 0 spiro atoms. The van der Waals surface area contributed by atoms with Crippen LogP contribution in [0.25, 0.3) is 11.0 Å². The monoisotopic (exact) mass is 298 g/mol. The van der Waals surface area contributed by atoms with Crippen molar-refractivity contribution in [3.05, 3.63) is 53.6 Å². The molecule has 4 heteroatoms. The number of nitrogens with one attached hydrogen (secondary N) is 1. The summed E-state index contributed by atoms with van der Waals surface area (Å²) in [5.41, 5.74) is 4.59. The first-order valence-corrected chi connectivity index (χ1v) is 8.04. The minimum absolute atomic E-state index is 0.675. The van der Waals surface area contributed by atoms with Gasteiger partial charge >= 0.3 is 0 Å².